The largest absolute Gasteiger partial charge is 0.494 e. The van der Waals surface area contributed by atoms with E-state index in [1.807, 2.05) is 13.0 Å². The second kappa shape index (κ2) is 5.89. The molecule has 0 aromatic carbocycles. The van der Waals surface area contributed by atoms with Crippen LogP contribution < -0.4 is 10.5 Å². The molecule has 0 amide bonds. The van der Waals surface area contributed by atoms with E-state index in [0.29, 0.717) is 11.7 Å². The van der Waals surface area contributed by atoms with E-state index in [2.05, 4.69) is 17.1 Å². The lowest BCUT2D eigenvalue weighted by Crippen LogP contribution is -2.03. The summed E-state index contributed by atoms with van der Waals surface area (Å²) in [7, 11) is 1.68. The zero-order valence-corrected chi connectivity index (χ0v) is 11.3. The van der Waals surface area contributed by atoms with Crippen molar-refractivity contribution >= 4 is 11.9 Å². The van der Waals surface area contributed by atoms with Crippen molar-refractivity contribution in [3.8, 4) is 5.75 Å². The van der Waals surface area contributed by atoms with Crippen LogP contribution in [0.3, 0.4) is 0 Å². The molecule has 2 N–H and O–H groups in total. The molecule has 0 atom stereocenters. The second-order valence-electron chi connectivity index (χ2n) is 5.01. The highest BCUT2D eigenvalue weighted by Crippen LogP contribution is 2.28. The third kappa shape index (κ3) is 3.03. The van der Waals surface area contributed by atoms with Crippen molar-refractivity contribution in [3.63, 3.8) is 0 Å². The van der Waals surface area contributed by atoms with Crippen LogP contribution in [-0.4, -0.2) is 12.1 Å². The molecule has 0 bridgehead atoms. The molecule has 3 heteroatoms. The maximum absolute atomic E-state index is 5.79. The van der Waals surface area contributed by atoms with Crippen molar-refractivity contribution in [2.24, 2.45) is 5.92 Å². The molecule has 1 saturated carbocycles. The molecule has 0 spiro atoms. The second-order valence-corrected chi connectivity index (χ2v) is 5.01. The van der Waals surface area contributed by atoms with Crippen LogP contribution in [0.5, 0.6) is 5.75 Å². The van der Waals surface area contributed by atoms with Gasteiger partial charge in [-0.25, -0.2) is 4.98 Å². The molecule has 18 heavy (non-hydrogen) atoms. The molecule has 1 aliphatic carbocycles. The van der Waals surface area contributed by atoms with Gasteiger partial charge < -0.3 is 10.5 Å². The van der Waals surface area contributed by atoms with Gasteiger partial charge in [0.05, 0.1) is 12.8 Å². The number of ether oxygens (including phenoxy) is 1. The van der Waals surface area contributed by atoms with Gasteiger partial charge in [0.2, 0.25) is 0 Å². The molecular formula is C15H22N2O. The third-order valence-electron chi connectivity index (χ3n) is 3.59. The number of nitrogens with two attached hydrogens (primary N) is 1. The Morgan fingerprint density at radius 1 is 1.33 bits per heavy atom. The topological polar surface area (TPSA) is 48.1 Å². The van der Waals surface area contributed by atoms with Crippen LogP contribution in [0.15, 0.2) is 12.1 Å². The van der Waals surface area contributed by atoms with E-state index in [4.69, 9.17) is 10.5 Å². The number of pyridine rings is 1. The number of nitrogens with zero attached hydrogens (tertiary/aromatic N) is 1. The highest BCUT2D eigenvalue weighted by Gasteiger charge is 2.11. The quantitative estimate of drug-likeness (QED) is 0.886. The molecule has 98 valence electrons. The Balaban J connectivity index is 2.19. The normalized spacial score (nSPS) is 17.2. The number of methoxy groups -OCH3 is 1. The van der Waals surface area contributed by atoms with Gasteiger partial charge in [-0.05, 0) is 31.7 Å². The summed E-state index contributed by atoms with van der Waals surface area (Å²) >= 11 is 0. The molecule has 1 fully saturated rings. The lowest BCUT2D eigenvalue weighted by atomic mass is 9.89. The van der Waals surface area contributed by atoms with Crippen LogP contribution in [0.2, 0.25) is 0 Å². The van der Waals surface area contributed by atoms with Crippen molar-refractivity contribution in [3.05, 3.63) is 23.4 Å². The Bertz CT molecular complexity index is 434. The van der Waals surface area contributed by atoms with Gasteiger partial charge in [-0.15, -0.1) is 0 Å². The highest BCUT2D eigenvalue weighted by atomic mass is 16.5. The van der Waals surface area contributed by atoms with E-state index in [0.717, 1.165) is 17.0 Å². The summed E-state index contributed by atoms with van der Waals surface area (Å²) in [5.41, 5.74) is 7.67. The first kappa shape index (κ1) is 12.9. The SMILES string of the molecule is COc1c(/C=C/C2CCCCC2)cc(N)nc1C. The zero-order chi connectivity index (χ0) is 13.0. The van der Waals surface area contributed by atoms with E-state index in [1.165, 1.54) is 32.1 Å². The number of hydrogen-bond donors (Lipinski definition) is 1. The fourth-order valence-corrected chi connectivity index (χ4v) is 2.67. The molecule has 0 unspecified atom stereocenters. The molecule has 2 rings (SSSR count). The van der Waals surface area contributed by atoms with Gasteiger partial charge in [-0.3, -0.25) is 0 Å². The highest BCUT2D eigenvalue weighted by molar-refractivity contribution is 5.62. The minimum atomic E-state index is 0.552. The monoisotopic (exact) mass is 246 g/mol. The number of hydrogen-bond acceptors (Lipinski definition) is 3. The summed E-state index contributed by atoms with van der Waals surface area (Å²) in [5, 5.41) is 0. The summed E-state index contributed by atoms with van der Waals surface area (Å²) in [5.74, 6) is 2.09. The lowest BCUT2D eigenvalue weighted by Gasteiger charge is -2.18. The molecule has 1 heterocycles. The fraction of sp³-hybridized carbons (Fsp3) is 0.533. The molecule has 3 nitrogen and oxygen atoms in total. The van der Waals surface area contributed by atoms with E-state index in [-0.39, 0.29) is 0 Å². The smallest absolute Gasteiger partial charge is 0.147 e. The van der Waals surface area contributed by atoms with Crippen LogP contribution in [-0.2, 0) is 0 Å². The van der Waals surface area contributed by atoms with E-state index >= 15 is 0 Å². The minimum Gasteiger partial charge on any atom is -0.494 e. The maximum Gasteiger partial charge on any atom is 0.147 e. The molecule has 1 aliphatic rings. The van der Waals surface area contributed by atoms with Gasteiger partial charge in [0.1, 0.15) is 11.6 Å². The summed E-state index contributed by atoms with van der Waals surface area (Å²) in [6.07, 6.45) is 11.1. The van der Waals surface area contributed by atoms with Crippen LogP contribution in [0.25, 0.3) is 6.08 Å². The fourth-order valence-electron chi connectivity index (χ4n) is 2.67. The van der Waals surface area contributed by atoms with E-state index < -0.39 is 0 Å². The van der Waals surface area contributed by atoms with E-state index in [1.54, 1.807) is 7.11 Å². The Morgan fingerprint density at radius 3 is 2.72 bits per heavy atom. The minimum absolute atomic E-state index is 0.552. The van der Waals surface area contributed by atoms with Gasteiger partial charge >= 0.3 is 0 Å². The average molecular weight is 246 g/mol. The third-order valence-corrected chi connectivity index (χ3v) is 3.59. The summed E-state index contributed by atoms with van der Waals surface area (Å²) in [6, 6.07) is 1.88. The van der Waals surface area contributed by atoms with E-state index in [9.17, 15) is 0 Å². The van der Waals surface area contributed by atoms with Crippen LogP contribution >= 0.6 is 0 Å². The summed E-state index contributed by atoms with van der Waals surface area (Å²) < 4.78 is 5.40. The predicted octanol–water partition coefficient (Wildman–Crippen LogP) is 3.57. The van der Waals surface area contributed by atoms with Crippen molar-refractivity contribution in [2.45, 2.75) is 39.0 Å². The molecule has 0 saturated heterocycles. The van der Waals surface area contributed by atoms with Gasteiger partial charge in [0, 0.05) is 5.56 Å². The Hall–Kier alpha value is -1.51. The van der Waals surface area contributed by atoms with Gasteiger partial charge in [-0.1, -0.05) is 31.4 Å². The van der Waals surface area contributed by atoms with Crippen molar-refractivity contribution < 1.29 is 4.74 Å². The number of nitrogen functional groups attached to an aromatic ring is 1. The Labute approximate surface area is 109 Å². The number of aromatic nitrogens is 1. The number of rotatable bonds is 3. The molecule has 0 radical (unpaired) electrons. The maximum atomic E-state index is 5.79. The van der Waals surface area contributed by atoms with Crippen LogP contribution in [0.4, 0.5) is 5.82 Å². The standard InChI is InChI=1S/C15H22N2O/c1-11-15(18-2)13(10-14(16)17-11)9-8-12-6-4-3-5-7-12/h8-10,12H,3-7H2,1-2H3,(H2,16,17)/b9-8+. The van der Waals surface area contributed by atoms with Crippen molar-refractivity contribution in [2.75, 3.05) is 12.8 Å². The first-order chi connectivity index (χ1) is 8.70. The Morgan fingerprint density at radius 2 is 2.06 bits per heavy atom. The lowest BCUT2D eigenvalue weighted by molar-refractivity contribution is 0.408. The first-order valence-electron chi connectivity index (χ1n) is 6.70. The van der Waals surface area contributed by atoms with Crippen LogP contribution in [0.1, 0.15) is 43.4 Å². The van der Waals surface area contributed by atoms with Crippen LogP contribution in [0, 0.1) is 12.8 Å². The van der Waals surface area contributed by atoms with Crippen molar-refractivity contribution in [1.82, 2.24) is 4.98 Å². The average Bonchev–Trinajstić information content (AvgIpc) is 2.37. The molecule has 0 aliphatic heterocycles. The van der Waals surface area contributed by atoms with Crippen molar-refractivity contribution in [1.29, 1.82) is 0 Å². The first-order valence-corrected chi connectivity index (χ1v) is 6.70. The molecule has 1 aromatic heterocycles. The number of allylic oxidation sites excluding steroid dienone is 1. The predicted molar refractivity (Wildman–Crippen MR) is 75.5 cm³/mol. The Kier molecular flexibility index (Phi) is 4.24. The van der Waals surface area contributed by atoms with Gasteiger partial charge in [-0.2, -0.15) is 0 Å². The molecule has 1 aromatic rings. The number of aryl methyl sites for hydroxylation is 1. The zero-order valence-electron chi connectivity index (χ0n) is 11.3. The molecular weight excluding hydrogens is 224 g/mol. The summed E-state index contributed by atoms with van der Waals surface area (Å²) in [6.45, 7) is 1.92. The summed E-state index contributed by atoms with van der Waals surface area (Å²) in [4.78, 5) is 4.22. The van der Waals surface area contributed by atoms with Gasteiger partial charge in [0.25, 0.3) is 0 Å². The van der Waals surface area contributed by atoms with Gasteiger partial charge in [0.15, 0.2) is 0 Å². The number of anilines is 1.